The van der Waals surface area contributed by atoms with Crippen LogP contribution < -0.4 is 4.72 Å². The average molecular weight is 315 g/mol. The minimum Gasteiger partial charge on any atom is -0.478 e. The molecule has 1 rings (SSSR count). The van der Waals surface area contributed by atoms with Crippen molar-refractivity contribution in [3.8, 4) is 0 Å². The van der Waals surface area contributed by atoms with Crippen LogP contribution in [-0.4, -0.2) is 37.2 Å². The minimum absolute atomic E-state index is 0.0381. The predicted molar refractivity (Wildman–Crippen MR) is 78.9 cm³/mol. The molecule has 1 aromatic rings. The second-order valence-electron chi connectivity index (χ2n) is 5.31. The van der Waals surface area contributed by atoms with Gasteiger partial charge in [-0.15, -0.1) is 0 Å². The Morgan fingerprint density at radius 3 is 2.29 bits per heavy atom. The molecule has 0 aliphatic rings. The predicted octanol–water partition coefficient (Wildman–Crippen LogP) is 1.30. The highest BCUT2D eigenvalue weighted by Crippen LogP contribution is 2.21. The molecule has 0 heterocycles. The molecule has 0 saturated carbocycles. The highest BCUT2D eigenvalue weighted by molar-refractivity contribution is 7.89. The van der Waals surface area contributed by atoms with E-state index >= 15 is 0 Å². The third-order valence-corrected chi connectivity index (χ3v) is 5.23. The van der Waals surface area contributed by atoms with Crippen LogP contribution in [0.2, 0.25) is 0 Å². The first-order valence-corrected chi connectivity index (χ1v) is 8.06. The van der Waals surface area contributed by atoms with Crippen molar-refractivity contribution in [2.45, 2.75) is 38.6 Å². The van der Waals surface area contributed by atoms with Gasteiger partial charge in [0, 0.05) is 12.6 Å². The number of nitrogens with one attached hydrogen (secondary N) is 1. The van der Waals surface area contributed by atoms with Crippen molar-refractivity contribution in [1.82, 2.24) is 4.72 Å². The SMILES string of the molecule is Cc1cc(C)c(S(=O)(=O)NC(C)C(C)CO)cc1C(=O)O. The van der Waals surface area contributed by atoms with Gasteiger partial charge in [0.2, 0.25) is 10.0 Å². The number of aliphatic hydroxyl groups is 1. The van der Waals surface area contributed by atoms with Crippen LogP contribution in [0.1, 0.15) is 35.3 Å². The van der Waals surface area contributed by atoms with Gasteiger partial charge in [-0.05, 0) is 43.9 Å². The lowest BCUT2D eigenvalue weighted by atomic mass is 10.1. The van der Waals surface area contributed by atoms with Crippen molar-refractivity contribution in [2.75, 3.05) is 6.61 Å². The molecule has 0 aliphatic heterocycles. The number of aromatic carboxylic acids is 1. The van der Waals surface area contributed by atoms with E-state index in [0.29, 0.717) is 11.1 Å². The third kappa shape index (κ3) is 4.03. The quantitative estimate of drug-likeness (QED) is 0.734. The molecule has 118 valence electrons. The summed E-state index contributed by atoms with van der Waals surface area (Å²) in [6.07, 6.45) is 0. The number of hydrogen-bond donors (Lipinski definition) is 3. The number of carboxylic acids is 1. The molecule has 21 heavy (non-hydrogen) atoms. The van der Waals surface area contributed by atoms with Gasteiger partial charge >= 0.3 is 5.97 Å². The van der Waals surface area contributed by atoms with E-state index in [9.17, 15) is 13.2 Å². The van der Waals surface area contributed by atoms with Crippen molar-refractivity contribution in [3.63, 3.8) is 0 Å². The molecule has 7 heteroatoms. The molecule has 0 amide bonds. The summed E-state index contributed by atoms with van der Waals surface area (Å²) in [6, 6.07) is 2.25. The molecule has 0 radical (unpaired) electrons. The van der Waals surface area contributed by atoms with E-state index in [-0.39, 0.29) is 23.0 Å². The lowest BCUT2D eigenvalue weighted by Crippen LogP contribution is -2.38. The van der Waals surface area contributed by atoms with Crippen molar-refractivity contribution in [3.05, 3.63) is 28.8 Å². The van der Waals surface area contributed by atoms with Crippen LogP contribution in [0.5, 0.6) is 0 Å². The molecular formula is C14H21NO5S. The molecule has 0 saturated heterocycles. The van der Waals surface area contributed by atoms with Crippen LogP contribution in [0.3, 0.4) is 0 Å². The molecule has 0 aromatic heterocycles. The zero-order chi connectivity index (χ0) is 16.4. The van der Waals surface area contributed by atoms with Gasteiger partial charge in [0.05, 0.1) is 10.5 Å². The maximum atomic E-state index is 12.4. The second kappa shape index (κ2) is 6.55. The third-order valence-electron chi connectivity index (χ3n) is 3.52. The molecule has 0 bridgehead atoms. The molecule has 2 atom stereocenters. The second-order valence-corrected chi connectivity index (χ2v) is 6.99. The minimum atomic E-state index is -3.84. The fourth-order valence-electron chi connectivity index (χ4n) is 1.93. The Labute approximate surface area is 124 Å². The Morgan fingerprint density at radius 1 is 1.24 bits per heavy atom. The zero-order valence-electron chi connectivity index (χ0n) is 12.5. The average Bonchev–Trinajstić information content (AvgIpc) is 2.36. The Kier molecular flexibility index (Phi) is 5.49. The Morgan fingerprint density at radius 2 is 1.81 bits per heavy atom. The summed E-state index contributed by atoms with van der Waals surface area (Å²) in [4.78, 5) is 11.1. The maximum Gasteiger partial charge on any atom is 0.335 e. The first-order chi connectivity index (χ1) is 9.60. The van der Waals surface area contributed by atoms with Gasteiger partial charge in [-0.25, -0.2) is 17.9 Å². The van der Waals surface area contributed by atoms with Crippen LogP contribution in [0.25, 0.3) is 0 Å². The number of carboxylic acid groups (broad SMARTS) is 1. The number of carbonyl (C=O) groups is 1. The van der Waals surface area contributed by atoms with E-state index in [0.717, 1.165) is 0 Å². The fraction of sp³-hybridized carbons (Fsp3) is 0.500. The maximum absolute atomic E-state index is 12.4. The largest absolute Gasteiger partial charge is 0.478 e. The molecule has 6 nitrogen and oxygen atoms in total. The van der Waals surface area contributed by atoms with E-state index in [2.05, 4.69) is 4.72 Å². The molecule has 2 unspecified atom stereocenters. The normalized spacial score (nSPS) is 14.7. The summed E-state index contributed by atoms with van der Waals surface area (Å²) >= 11 is 0. The Balaban J connectivity index is 3.26. The fourth-order valence-corrected chi connectivity index (χ4v) is 3.54. The van der Waals surface area contributed by atoms with Crippen molar-refractivity contribution in [2.24, 2.45) is 5.92 Å². The van der Waals surface area contributed by atoms with Crippen LogP contribution in [0.4, 0.5) is 0 Å². The monoisotopic (exact) mass is 315 g/mol. The van der Waals surface area contributed by atoms with Gasteiger partial charge in [0.15, 0.2) is 0 Å². The first kappa shape index (κ1) is 17.6. The van der Waals surface area contributed by atoms with Crippen molar-refractivity contribution in [1.29, 1.82) is 0 Å². The summed E-state index contributed by atoms with van der Waals surface area (Å²) in [5.74, 6) is -1.41. The highest BCUT2D eigenvalue weighted by Gasteiger charge is 2.24. The summed E-state index contributed by atoms with van der Waals surface area (Å²) in [5, 5.41) is 18.2. The lowest BCUT2D eigenvalue weighted by molar-refractivity contribution is 0.0696. The number of aliphatic hydroxyl groups excluding tert-OH is 1. The van der Waals surface area contributed by atoms with Crippen molar-refractivity contribution < 1.29 is 23.4 Å². The summed E-state index contributed by atoms with van der Waals surface area (Å²) in [7, 11) is -3.84. The van der Waals surface area contributed by atoms with E-state index in [1.54, 1.807) is 27.7 Å². The van der Waals surface area contributed by atoms with E-state index < -0.39 is 22.0 Å². The van der Waals surface area contributed by atoms with E-state index in [1.165, 1.54) is 12.1 Å². The summed E-state index contributed by atoms with van der Waals surface area (Å²) in [5.41, 5.74) is 0.952. The summed E-state index contributed by atoms with van der Waals surface area (Å²) in [6.45, 7) is 6.47. The van der Waals surface area contributed by atoms with E-state index in [4.69, 9.17) is 10.2 Å². The van der Waals surface area contributed by atoms with Crippen LogP contribution in [0, 0.1) is 19.8 Å². The van der Waals surface area contributed by atoms with Gasteiger partial charge in [-0.2, -0.15) is 0 Å². The molecular weight excluding hydrogens is 294 g/mol. The number of sulfonamides is 1. The van der Waals surface area contributed by atoms with Gasteiger partial charge < -0.3 is 10.2 Å². The standard InChI is InChI=1S/C14H21NO5S/c1-8-5-9(2)13(6-12(8)14(17)18)21(19,20)15-11(4)10(3)7-16/h5-6,10-11,15-16H,7H2,1-4H3,(H,17,18). The molecule has 0 aliphatic carbocycles. The topological polar surface area (TPSA) is 104 Å². The smallest absolute Gasteiger partial charge is 0.335 e. The van der Waals surface area contributed by atoms with Crippen LogP contribution >= 0.6 is 0 Å². The highest BCUT2D eigenvalue weighted by atomic mass is 32.2. The number of hydrogen-bond acceptors (Lipinski definition) is 4. The lowest BCUT2D eigenvalue weighted by Gasteiger charge is -2.20. The van der Waals surface area contributed by atoms with Crippen LogP contribution in [0.15, 0.2) is 17.0 Å². The number of rotatable bonds is 6. The molecule has 1 aromatic carbocycles. The van der Waals surface area contributed by atoms with Gasteiger partial charge in [-0.1, -0.05) is 13.0 Å². The molecule has 0 fully saturated rings. The number of benzene rings is 1. The summed E-state index contributed by atoms with van der Waals surface area (Å²) < 4.78 is 27.2. The van der Waals surface area contributed by atoms with Gasteiger partial charge in [0.1, 0.15) is 0 Å². The molecule has 3 N–H and O–H groups in total. The molecule has 0 spiro atoms. The Bertz CT molecular complexity index is 639. The first-order valence-electron chi connectivity index (χ1n) is 6.58. The van der Waals surface area contributed by atoms with Crippen molar-refractivity contribution >= 4 is 16.0 Å². The Hall–Kier alpha value is -1.44. The van der Waals surface area contributed by atoms with E-state index in [1.807, 2.05) is 0 Å². The zero-order valence-corrected chi connectivity index (χ0v) is 13.4. The van der Waals surface area contributed by atoms with Crippen LogP contribution in [-0.2, 0) is 10.0 Å². The van der Waals surface area contributed by atoms with Gasteiger partial charge in [0.25, 0.3) is 0 Å². The number of aryl methyl sites for hydroxylation is 2. The van der Waals surface area contributed by atoms with Gasteiger partial charge in [-0.3, -0.25) is 0 Å².